The summed E-state index contributed by atoms with van der Waals surface area (Å²) in [5, 5.41) is 9.83. The standard InChI is InChI=1S/C22H20ClN3O2/c1-27-18-8-6-15(7-9-18)14-26-21-11-10-19(28-2)13-20(21)22(25-26)24-17-5-3-4-16(23)12-17/h3-13H,14H2,1-2H3,(H,24,25). The highest BCUT2D eigenvalue weighted by Gasteiger charge is 2.13. The Hall–Kier alpha value is -3.18. The predicted octanol–water partition coefficient (Wildman–Crippen LogP) is 5.50. The maximum Gasteiger partial charge on any atom is 0.160 e. The van der Waals surface area contributed by atoms with E-state index in [1.807, 2.05) is 71.4 Å². The molecule has 5 nitrogen and oxygen atoms in total. The summed E-state index contributed by atoms with van der Waals surface area (Å²) in [5.41, 5.74) is 3.03. The number of nitrogens with zero attached hydrogens (tertiary/aromatic N) is 2. The van der Waals surface area contributed by atoms with Gasteiger partial charge in [0.1, 0.15) is 11.5 Å². The van der Waals surface area contributed by atoms with Crippen molar-refractivity contribution >= 4 is 34.0 Å². The Kier molecular flexibility index (Phi) is 5.08. The van der Waals surface area contributed by atoms with Gasteiger partial charge in [-0.25, -0.2) is 0 Å². The third kappa shape index (κ3) is 3.75. The number of halogens is 1. The molecule has 4 rings (SSSR count). The van der Waals surface area contributed by atoms with E-state index in [-0.39, 0.29) is 0 Å². The van der Waals surface area contributed by atoms with Crippen molar-refractivity contribution in [3.63, 3.8) is 0 Å². The second kappa shape index (κ2) is 7.82. The number of methoxy groups -OCH3 is 2. The lowest BCUT2D eigenvalue weighted by Gasteiger charge is -2.06. The lowest BCUT2D eigenvalue weighted by Crippen LogP contribution is -2.02. The first-order chi connectivity index (χ1) is 13.7. The van der Waals surface area contributed by atoms with E-state index >= 15 is 0 Å². The maximum absolute atomic E-state index is 6.12. The summed E-state index contributed by atoms with van der Waals surface area (Å²) in [5.74, 6) is 2.37. The van der Waals surface area contributed by atoms with Crippen LogP contribution in [0.4, 0.5) is 11.5 Å². The summed E-state index contributed by atoms with van der Waals surface area (Å²) in [6.07, 6.45) is 0. The van der Waals surface area contributed by atoms with E-state index in [1.54, 1.807) is 14.2 Å². The quantitative estimate of drug-likeness (QED) is 0.470. The largest absolute Gasteiger partial charge is 0.497 e. The summed E-state index contributed by atoms with van der Waals surface area (Å²) >= 11 is 6.12. The minimum atomic E-state index is 0.643. The van der Waals surface area contributed by atoms with Crippen molar-refractivity contribution in [2.45, 2.75) is 6.54 Å². The Bertz CT molecular complexity index is 1110. The van der Waals surface area contributed by atoms with Gasteiger partial charge in [0.25, 0.3) is 0 Å². The molecule has 0 aliphatic carbocycles. The second-order valence-electron chi connectivity index (χ2n) is 6.37. The monoisotopic (exact) mass is 393 g/mol. The number of hydrogen-bond donors (Lipinski definition) is 1. The fourth-order valence-corrected chi connectivity index (χ4v) is 3.30. The molecule has 1 N–H and O–H groups in total. The first-order valence-electron chi connectivity index (χ1n) is 8.86. The SMILES string of the molecule is COc1ccc(Cn2nc(Nc3cccc(Cl)c3)c3cc(OC)ccc32)cc1. The fraction of sp³-hybridized carbons (Fsp3) is 0.136. The average molecular weight is 394 g/mol. The van der Waals surface area contributed by atoms with Crippen LogP contribution in [-0.2, 0) is 6.54 Å². The van der Waals surface area contributed by atoms with Gasteiger partial charge in [-0.3, -0.25) is 4.68 Å². The van der Waals surface area contributed by atoms with Crippen LogP contribution in [0.3, 0.4) is 0 Å². The van der Waals surface area contributed by atoms with E-state index in [9.17, 15) is 0 Å². The molecule has 6 heteroatoms. The zero-order valence-corrected chi connectivity index (χ0v) is 16.4. The fourth-order valence-electron chi connectivity index (χ4n) is 3.11. The van der Waals surface area contributed by atoms with Crippen LogP contribution >= 0.6 is 11.6 Å². The first-order valence-corrected chi connectivity index (χ1v) is 9.24. The van der Waals surface area contributed by atoms with Gasteiger partial charge in [0.05, 0.1) is 26.3 Å². The molecule has 0 amide bonds. The van der Waals surface area contributed by atoms with Crippen molar-refractivity contribution in [2.24, 2.45) is 0 Å². The summed E-state index contributed by atoms with van der Waals surface area (Å²) in [4.78, 5) is 0. The van der Waals surface area contributed by atoms with Gasteiger partial charge in [0.15, 0.2) is 5.82 Å². The molecule has 1 heterocycles. The first kappa shape index (κ1) is 18.2. The van der Waals surface area contributed by atoms with E-state index in [0.29, 0.717) is 11.6 Å². The molecule has 0 aliphatic heterocycles. The van der Waals surface area contributed by atoms with Gasteiger partial charge in [-0.05, 0) is 54.1 Å². The van der Waals surface area contributed by atoms with Crippen molar-refractivity contribution in [1.82, 2.24) is 9.78 Å². The van der Waals surface area contributed by atoms with Crippen molar-refractivity contribution in [1.29, 1.82) is 0 Å². The molecule has 0 unspecified atom stereocenters. The van der Waals surface area contributed by atoms with Gasteiger partial charge in [-0.15, -0.1) is 0 Å². The van der Waals surface area contributed by atoms with E-state index in [1.165, 1.54) is 0 Å². The van der Waals surface area contributed by atoms with E-state index < -0.39 is 0 Å². The van der Waals surface area contributed by atoms with Crippen molar-refractivity contribution < 1.29 is 9.47 Å². The smallest absolute Gasteiger partial charge is 0.160 e. The Morgan fingerprint density at radius 1 is 0.929 bits per heavy atom. The Morgan fingerprint density at radius 3 is 2.39 bits per heavy atom. The van der Waals surface area contributed by atoms with Gasteiger partial charge < -0.3 is 14.8 Å². The lowest BCUT2D eigenvalue weighted by atomic mass is 10.2. The van der Waals surface area contributed by atoms with Crippen LogP contribution in [0.2, 0.25) is 5.02 Å². The minimum Gasteiger partial charge on any atom is -0.497 e. The van der Waals surface area contributed by atoms with Crippen LogP contribution in [0, 0.1) is 0 Å². The second-order valence-corrected chi connectivity index (χ2v) is 6.81. The molecule has 0 atom stereocenters. The highest BCUT2D eigenvalue weighted by Crippen LogP contribution is 2.30. The third-order valence-electron chi connectivity index (χ3n) is 4.54. The van der Waals surface area contributed by atoms with Crippen LogP contribution in [-0.4, -0.2) is 24.0 Å². The van der Waals surface area contributed by atoms with E-state index in [2.05, 4.69) is 5.32 Å². The van der Waals surface area contributed by atoms with Crippen molar-refractivity contribution in [3.8, 4) is 11.5 Å². The number of aromatic nitrogens is 2. The highest BCUT2D eigenvalue weighted by molar-refractivity contribution is 6.30. The molecule has 0 bridgehead atoms. The number of benzene rings is 3. The summed E-state index contributed by atoms with van der Waals surface area (Å²) in [6, 6.07) is 21.5. The number of ether oxygens (including phenoxy) is 2. The van der Waals surface area contributed by atoms with Crippen LogP contribution in [0.15, 0.2) is 66.7 Å². The zero-order chi connectivity index (χ0) is 19.5. The van der Waals surface area contributed by atoms with Gasteiger partial charge >= 0.3 is 0 Å². The zero-order valence-electron chi connectivity index (χ0n) is 15.6. The molecule has 0 spiro atoms. The molecule has 4 aromatic rings. The number of fused-ring (bicyclic) bond motifs is 1. The molecule has 1 aromatic heterocycles. The molecule has 0 fully saturated rings. The molecule has 28 heavy (non-hydrogen) atoms. The van der Waals surface area contributed by atoms with Crippen molar-refractivity contribution in [2.75, 3.05) is 19.5 Å². The van der Waals surface area contributed by atoms with Gasteiger partial charge in [-0.2, -0.15) is 5.10 Å². The molecular weight excluding hydrogens is 374 g/mol. The maximum atomic E-state index is 6.12. The van der Waals surface area contributed by atoms with Crippen LogP contribution in [0.25, 0.3) is 10.9 Å². The van der Waals surface area contributed by atoms with Gasteiger partial charge in [0.2, 0.25) is 0 Å². The summed E-state index contributed by atoms with van der Waals surface area (Å²) < 4.78 is 12.6. The van der Waals surface area contributed by atoms with E-state index in [4.69, 9.17) is 26.2 Å². The average Bonchev–Trinajstić information content (AvgIpc) is 3.05. The molecule has 0 saturated carbocycles. The third-order valence-corrected chi connectivity index (χ3v) is 4.77. The Balaban J connectivity index is 1.73. The predicted molar refractivity (Wildman–Crippen MR) is 113 cm³/mol. The Labute approximate surface area is 168 Å². The molecule has 0 saturated heterocycles. The lowest BCUT2D eigenvalue weighted by molar-refractivity contribution is 0.414. The molecule has 142 valence electrons. The number of rotatable bonds is 6. The molecule has 3 aromatic carbocycles. The van der Waals surface area contributed by atoms with Crippen LogP contribution in [0.1, 0.15) is 5.56 Å². The normalized spacial score (nSPS) is 10.8. The topological polar surface area (TPSA) is 48.3 Å². The van der Waals surface area contributed by atoms with Crippen LogP contribution < -0.4 is 14.8 Å². The molecule has 0 aliphatic rings. The number of anilines is 2. The van der Waals surface area contributed by atoms with E-state index in [0.717, 1.165) is 39.5 Å². The van der Waals surface area contributed by atoms with Gasteiger partial charge in [-0.1, -0.05) is 29.8 Å². The number of nitrogens with one attached hydrogen (secondary N) is 1. The minimum absolute atomic E-state index is 0.643. The molecular formula is C22H20ClN3O2. The van der Waals surface area contributed by atoms with Crippen molar-refractivity contribution in [3.05, 3.63) is 77.3 Å². The molecule has 0 radical (unpaired) electrons. The number of hydrogen-bond acceptors (Lipinski definition) is 4. The summed E-state index contributed by atoms with van der Waals surface area (Å²) in [7, 11) is 3.32. The summed E-state index contributed by atoms with van der Waals surface area (Å²) in [6.45, 7) is 0.643. The Morgan fingerprint density at radius 2 is 1.68 bits per heavy atom. The van der Waals surface area contributed by atoms with Crippen LogP contribution in [0.5, 0.6) is 11.5 Å². The highest BCUT2D eigenvalue weighted by atomic mass is 35.5. The van der Waals surface area contributed by atoms with Gasteiger partial charge in [0, 0.05) is 16.1 Å².